The molecular formula is C24H31Na2O9P. The van der Waals surface area contributed by atoms with E-state index in [2.05, 4.69) is 11.4 Å². The molecule has 3 saturated carbocycles. The molecule has 0 unspecified atom stereocenters. The third-order valence-electron chi connectivity index (χ3n) is 9.26. The summed E-state index contributed by atoms with van der Waals surface area (Å²) in [5, 5.41) is 11.6. The zero-order chi connectivity index (χ0) is 24.9. The van der Waals surface area contributed by atoms with E-state index in [4.69, 9.17) is 9.47 Å². The first-order valence-corrected chi connectivity index (χ1v) is 13.3. The zero-order valence-corrected chi connectivity index (χ0v) is 26.7. The van der Waals surface area contributed by atoms with Gasteiger partial charge in [0.15, 0.2) is 23.0 Å². The van der Waals surface area contributed by atoms with Crippen molar-refractivity contribution in [2.45, 2.75) is 77.0 Å². The second kappa shape index (κ2) is 10.0. The summed E-state index contributed by atoms with van der Waals surface area (Å²) >= 11 is 0. The van der Waals surface area contributed by atoms with Crippen LogP contribution in [0.3, 0.4) is 0 Å². The fourth-order valence-electron chi connectivity index (χ4n) is 8.17. The third kappa shape index (κ3) is 4.62. The predicted molar refractivity (Wildman–Crippen MR) is 115 cm³/mol. The second-order valence-corrected chi connectivity index (χ2v) is 12.6. The summed E-state index contributed by atoms with van der Waals surface area (Å²) in [6.45, 7) is 6.42. The molecule has 1 aliphatic heterocycles. The summed E-state index contributed by atoms with van der Waals surface area (Å²) in [7, 11) is -5.36. The normalized spacial score (nSPS) is 44.2. The number of Topliss-reactive ketones (excluding diaryl/α,β-unsaturated/α-hetero) is 1. The summed E-state index contributed by atoms with van der Waals surface area (Å²) < 4.78 is 28.0. The van der Waals surface area contributed by atoms with E-state index in [1.54, 1.807) is 26.0 Å². The van der Waals surface area contributed by atoms with Crippen LogP contribution in [0.15, 0.2) is 23.8 Å². The number of aliphatic hydroxyl groups excluding tert-OH is 1. The van der Waals surface area contributed by atoms with E-state index in [-0.39, 0.29) is 89.1 Å². The molecule has 5 rings (SSSR count). The molecular weight excluding hydrogens is 509 g/mol. The van der Waals surface area contributed by atoms with Gasteiger partial charge < -0.3 is 33.5 Å². The topological polar surface area (TPSA) is 145 Å². The van der Waals surface area contributed by atoms with Crippen molar-refractivity contribution < 1.29 is 102 Å². The van der Waals surface area contributed by atoms with Gasteiger partial charge in [-0.3, -0.25) is 9.59 Å². The van der Waals surface area contributed by atoms with Crippen LogP contribution in [0.5, 0.6) is 0 Å². The minimum absolute atomic E-state index is 0. The van der Waals surface area contributed by atoms with Crippen LogP contribution < -0.4 is 68.9 Å². The first kappa shape index (κ1) is 31.3. The van der Waals surface area contributed by atoms with Crippen molar-refractivity contribution >= 4 is 19.4 Å². The Hall–Kier alpha value is 0.810. The molecule has 5 aliphatic rings. The van der Waals surface area contributed by atoms with Gasteiger partial charge in [-0.15, -0.1) is 0 Å². The number of hydrogen-bond acceptors (Lipinski definition) is 9. The Bertz CT molecular complexity index is 1050. The summed E-state index contributed by atoms with van der Waals surface area (Å²) in [6.07, 6.45) is 5.90. The summed E-state index contributed by atoms with van der Waals surface area (Å²) in [4.78, 5) is 47.8. The number of carbonyl (C=O) groups is 2. The molecule has 0 spiro atoms. The van der Waals surface area contributed by atoms with E-state index >= 15 is 0 Å². The molecule has 4 fully saturated rings. The quantitative estimate of drug-likeness (QED) is 0.274. The number of rotatable bonds is 4. The summed E-state index contributed by atoms with van der Waals surface area (Å²) in [5.74, 6) is -1.97. The number of hydrogen-bond donors (Lipinski definition) is 1. The molecule has 1 heterocycles. The van der Waals surface area contributed by atoms with E-state index in [0.29, 0.717) is 12.8 Å². The van der Waals surface area contributed by atoms with E-state index < -0.39 is 54.6 Å². The van der Waals surface area contributed by atoms with E-state index in [9.17, 15) is 29.0 Å². The largest absolute Gasteiger partial charge is 1.00 e. The average Bonchev–Trinajstić information content (AvgIpc) is 3.12. The number of carbonyl (C=O) groups excluding carboxylic acids is 2. The fourth-order valence-corrected chi connectivity index (χ4v) is 8.44. The predicted octanol–water partition coefficient (Wildman–Crippen LogP) is -4.81. The van der Waals surface area contributed by atoms with Crippen molar-refractivity contribution in [3.8, 4) is 0 Å². The molecule has 4 aliphatic carbocycles. The molecule has 1 N–H and O–H groups in total. The molecule has 0 bridgehead atoms. The van der Waals surface area contributed by atoms with Crippen molar-refractivity contribution in [3.63, 3.8) is 0 Å². The Morgan fingerprint density at radius 3 is 2.56 bits per heavy atom. The SMILES string of the molecule is CC1(C)O[C@@H]2C[C@H]3[C@@H]4CCC5=CC(=O)C=C[C@]5(C)[C@H]4[C@@H](O)C[C@]3(C)[C@]2(C(=O)COP(=O)([O-])[O-])O1.[Na+].[Na+]. The molecule has 8 atom stereocenters. The number of fused-ring (bicyclic) bond motifs is 7. The molecule has 0 amide bonds. The van der Waals surface area contributed by atoms with E-state index in [1.165, 1.54) is 0 Å². The van der Waals surface area contributed by atoms with Crippen LogP contribution in [0.25, 0.3) is 0 Å². The maximum Gasteiger partial charge on any atom is 1.00 e. The number of allylic oxidation sites excluding steroid dienone is 4. The van der Waals surface area contributed by atoms with Gasteiger partial charge in [0.25, 0.3) is 0 Å². The monoisotopic (exact) mass is 540 g/mol. The smallest absolute Gasteiger partial charge is 0.790 e. The Kier molecular flexibility index (Phi) is 8.72. The van der Waals surface area contributed by atoms with Gasteiger partial charge >= 0.3 is 59.1 Å². The first-order valence-electron chi connectivity index (χ1n) is 11.8. The Labute approximate surface area is 255 Å². The molecule has 36 heavy (non-hydrogen) atoms. The standard InChI is InChI=1S/C24H33O9P.2Na/c1-21(2)32-19-10-16-15-6-5-13-9-14(25)7-8-22(13,3)20(15)17(26)11-23(16,4)24(19,33-21)18(27)12-31-34(28,29)30;;/h7-9,15-17,19-20,26H,5-6,10-12H2,1-4H3,(H2,28,29,30);;/q;2*+1/p-2/t15-,16-,17-,19+,20+,22-,23-,24+;;/m0../s1. The van der Waals surface area contributed by atoms with Crippen molar-refractivity contribution in [2.24, 2.45) is 28.6 Å². The van der Waals surface area contributed by atoms with Crippen LogP contribution in [0.4, 0.5) is 0 Å². The van der Waals surface area contributed by atoms with Crippen molar-refractivity contribution in [3.05, 3.63) is 23.8 Å². The summed E-state index contributed by atoms with van der Waals surface area (Å²) in [5.41, 5.74) is -1.85. The fraction of sp³-hybridized carbons (Fsp3) is 0.750. The average molecular weight is 540 g/mol. The van der Waals surface area contributed by atoms with Crippen LogP contribution in [-0.2, 0) is 28.2 Å². The van der Waals surface area contributed by atoms with Crippen molar-refractivity contribution in [1.29, 1.82) is 0 Å². The first-order chi connectivity index (χ1) is 15.6. The molecule has 0 aromatic rings. The molecule has 1 saturated heterocycles. The van der Waals surface area contributed by atoms with Gasteiger partial charge in [0.05, 0.1) is 20.0 Å². The number of phosphoric acid groups is 1. The second-order valence-electron chi connectivity index (χ2n) is 11.4. The maximum absolute atomic E-state index is 13.6. The van der Waals surface area contributed by atoms with Gasteiger partial charge in [-0.2, -0.15) is 0 Å². The van der Waals surface area contributed by atoms with Crippen molar-refractivity contribution in [2.75, 3.05) is 6.61 Å². The van der Waals surface area contributed by atoms with Crippen LogP contribution in [-0.4, -0.2) is 46.9 Å². The molecule has 9 nitrogen and oxygen atoms in total. The van der Waals surface area contributed by atoms with Gasteiger partial charge in [0.1, 0.15) is 6.61 Å². The molecule has 188 valence electrons. The molecule has 0 aromatic carbocycles. The third-order valence-corrected chi connectivity index (χ3v) is 9.70. The Morgan fingerprint density at radius 2 is 1.92 bits per heavy atom. The van der Waals surface area contributed by atoms with Crippen LogP contribution >= 0.6 is 7.82 Å². The number of ketones is 2. The Morgan fingerprint density at radius 1 is 1.25 bits per heavy atom. The number of ether oxygens (including phenoxy) is 2. The van der Waals surface area contributed by atoms with Crippen LogP contribution in [0.2, 0.25) is 0 Å². The van der Waals surface area contributed by atoms with Gasteiger partial charge in [0.2, 0.25) is 0 Å². The van der Waals surface area contributed by atoms with Gasteiger partial charge in [-0.05, 0) is 63.5 Å². The number of phosphoric ester groups is 1. The molecule has 0 aromatic heterocycles. The minimum Gasteiger partial charge on any atom is -0.790 e. The molecule has 0 radical (unpaired) electrons. The van der Waals surface area contributed by atoms with Gasteiger partial charge in [-0.1, -0.05) is 25.5 Å². The van der Waals surface area contributed by atoms with Crippen LogP contribution in [0, 0.1) is 28.6 Å². The minimum atomic E-state index is -5.36. The van der Waals surface area contributed by atoms with Gasteiger partial charge in [0, 0.05) is 16.7 Å². The van der Waals surface area contributed by atoms with E-state index in [1.807, 2.05) is 13.0 Å². The van der Waals surface area contributed by atoms with Crippen LogP contribution in [0.1, 0.15) is 53.4 Å². The van der Waals surface area contributed by atoms with Crippen molar-refractivity contribution in [1.82, 2.24) is 0 Å². The Balaban J connectivity index is 0.00000180. The maximum atomic E-state index is 13.6. The number of aliphatic hydroxyl groups is 1. The van der Waals surface area contributed by atoms with E-state index in [0.717, 1.165) is 12.0 Å². The van der Waals surface area contributed by atoms with Gasteiger partial charge in [-0.25, -0.2) is 0 Å². The zero-order valence-electron chi connectivity index (χ0n) is 21.8. The molecule has 12 heteroatoms. The summed E-state index contributed by atoms with van der Waals surface area (Å²) in [6, 6.07) is 0.